The van der Waals surface area contributed by atoms with E-state index in [1.165, 1.54) is 5.56 Å². The van der Waals surface area contributed by atoms with E-state index < -0.39 is 5.97 Å². The van der Waals surface area contributed by atoms with Crippen LogP contribution in [-0.2, 0) is 17.6 Å². The summed E-state index contributed by atoms with van der Waals surface area (Å²) >= 11 is 0. The maximum atomic E-state index is 12.7. The van der Waals surface area contributed by atoms with Gasteiger partial charge in [-0.25, -0.2) is 9.48 Å². The monoisotopic (exact) mass is 497 g/mol. The highest BCUT2D eigenvalue weighted by atomic mass is 16.5. The minimum atomic E-state index is -0.472. The van der Waals surface area contributed by atoms with Crippen molar-refractivity contribution in [2.24, 2.45) is 0 Å². The molecule has 4 aromatic rings. The summed E-state index contributed by atoms with van der Waals surface area (Å²) in [5, 5.41) is 7.48. The van der Waals surface area contributed by atoms with E-state index in [-0.39, 0.29) is 18.2 Å². The molecule has 0 bridgehead atoms. The van der Waals surface area contributed by atoms with Gasteiger partial charge in [-0.05, 0) is 73.4 Å². The van der Waals surface area contributed by atoms with Crippen molar-refractivity contribution in [3.05, 3.63) is 101 Å². The predicted octanol–water partition coefficient (Wildman–Crippen LogP) is 5.26. The molecule has 190 valence electrons. The summed E-state index contributed by atoms with van der Waals surface area (Å²) in [6.45, 7) is 4.66. The Labute approximate surface area is 217 Å². The first-order valence-electron chi connectivity index (χ1n) is 12.4. The molecule has 0 aliphatic carbocycles. The van der Waals surface area contributed by atoms with Crippen LogP contribution in [0.1, 0.15) is 45.8 Å². The summed E-state index contributed by atoms with van der Waals surface area (Å²) in [6.07, 6.45) is 1.66. The molecule has 1 heterocycles. The summed E-state index contributed by atoms with van der Waals surface area (Å²) in [6, 6.07) is 24.9. The number of amides is 1. The van der Waals surface area contributed by atoms with Crippen LogP contribution in [0, 0.1) is 0 Å². The Balaban J connectivity index is 1.50. The van der Waals surface area contributed by atoms with Crippen molar-refractivity contribution in [3.63, 3.8) is 0 Å². The molecule has 37 heavy (non-hydrogen) atoms. The van der Waals surface area contributed by atoms with Crippen LogP contribution in [0.2, 0.25) is 0 Å². The van der Waals surface area contributed by atoms with E-state index in [1.54, 1.807) is 36.9 Å². The third-order valence-electron chi connectivity index (χ3n) is 6.08. The third-order valence-corrected chi connectivity index (χ3v) is 6.08. The molecule has 0 saturated carbocycles. The molecule has 1 N–H and O–H groups in total. The number of rotatable bonds is 10. The molecule has 0 unspecified atom stereocenters. The van der Waals surface area contributed by atoms with Gasteiger partial charge in [0.05, 0.1) is 25.1 Å². The largest absolute Gasteiger partial charge is 0.497 e. The fourth-order valence-electron chi connectivity index (χ4n) is 3.97. The van der Waals surface area contributed by atoms with Crippen molar-refractivity contribution >= 4 is 11.9 Å². The predicted molar refractivity (Wildman–Crippen MR) is 143 cm³/mol. The van der Waals surface area contributed by atoms with E-state index in [0.717, 1.165) is 41.1 Å². The topological polar surface area (TPSA) is 82.5 Å². The molecule has 0 aliphatic rings. The third kappa shape index (κ3) is 6.25. The molecule has 3 aromatic carbocycles. The average molecular weight is 498 g/mol. The molecule has 0 fully saturated rings. The first kappa shape index (κ1) is 25.7. The van der Waals surface area contributed by atoms with Crippen molar-refractivity contribution in [2.75, 3.05) is 20.3 Å². The van der Waals surface area contributed by atoms with Gasteiger partial charge in [-0.1, -0.05) is 43.3 Å². The van der Waals surface area contributed by atoms with Crippen molar-refractivity contribution in [1.29, 1.82) is 0 Å². The SMILES string of the molecule is CCOC(=O)c1cc(-c2ccc(CC)cc2)n(-c2ccc(C(=O)NCCc3ccc(OC)cc3)cc2)n1. The average Bonchev–Trinajstić information content (AvgIpc) is 3.39. The lowest BCUT2D eigenvalue weighted by Gasteiger charge is -2.10. The number of hydrogen-bond acceptors (Lipinski definition) is 5. The Morgan fingerprint density at radius 3 is 2.19 bits per heavy atom. The second-order valence-electron chi connectivity index (χ2n) is 8.50. The number of nitrogens with zero attached hydrogens (tertiary/aromatic N) is 2. The van der Waals surface area contributed by atoms with Crippen LogP contribution in [0.25, 0.3) is 16.9 Å². The second kappa shape index (κ2) is 12.0. The number of aromatic nitrogens is 2. The highest BCUT2D eigenvalue weighted by Crippen LogP contribution is 2.25. The molecule has 0 spiro atoms. The zero-order valence-electron chi connectivity index (χ0n) is 21.4. The number of benzene rings is 3. The summed E-state index contributed by atoms with van der Waals surface area (Å²) in [5.74, 6) is 0.184. The smallest absolute Gasteiger partial charge is 0.358 e. The number of hydrogen-bond donors (Lipinski definition) is 1. The highest BCUT2D eigenvalue weighted by Gasteiger charge is 2.18. The molecule has 1 amide bonds. The molecule has 7 nitrogen and oxygen atoms in total. The molecule has 1 aromatic heterocycles. The van der Waals surface area contributed by atoms with Crippen molar-refractivity contribution < 1.29 is 19.1 Å². The van der Waals surface area contributed by atoms with Crippen LogP contribution in [0.4, 0.5) is 0 Å². The van der Waals surface area contributed by atoms with Crippen LogP contribution in [0.3, 0.4) is 0 Å². The number of carbonyl (C=O) groups is 2. The second-order valence-corrected chi connectivity index (χ2v) is 8.50. The molecule has 7 heteroatoms. The molecule has 0 aliphatic heterocycles. The molecular formula is C30H31N3O4. The minimum absolute atomic E-state index is 0.150. The Kier molecular flexibility index (Phi) is 8.36. The van der Waals surface area contributed by atoms with Crippen molar-refractivity contribution in [2.45, 2.75) is 26.7 Å². The van der Waals surface area contributed by atoms with Crippen molar-refractivity contribution in [3.8, 4) is 22.7 Å². The molecule has 0 radical (unpaired) electrons. The summed E-state index contributed by atoms with van der Waals surface area (Å²) in [7, 11) is 1.64. The minimum Gasteiger partial charge on any atom is -0.497 e. The molecule has 4 rings (SSSR count). The lowest BCUT2D eigenvalue weighted by molar-refractivity contribution is 0.0518. The van der Waals surface area contributed by atoms with Crippen LogP contribution in [-0.4, -0.2) is 41.9 Å². The van der Waals surface area contributed by atoms with Gasteiger partial charge in [0.15, 0.2) is 5.69 Å². The quantitative estimate of drug-likeness (QED) is 0.302. The van der Waals surface area contributed by atoms with E-state index in [2.05, 4.69) is 29.5 Å². The normalized spacial score (nSPS) is 10.7. The number of nitrogens with one attached hydrogen (secondary N) is 1. The Morgan fingerprint density at radius 2 is 1.57 bits per heavy atom. The fraction of sp³-hybridized carbons (Fsp3) is 0.233. The molecule has 0 saturated heterocycles. The highest BCUT2D eigenvalue weighted by molar-refractivity contribution is 5.94. The van der Waals surface area contributed by atoms with E-state index in [4.69, 9.17) is 9.47 Å². The molecule has 0 atom stereocenters. The van der Waals surface area contributed by atoms with E-state index in [1.807, 2.05) is 48.5 Å². The van der Waals surface area contributed by atoms with Gasteiger partial charge in [0, 0.05) is 17.7 Å². The van der Waals surface area contributed by atoms with E-state index in [0.29, 0.717) is 12.1 Å². The Bertz CT molecular complexity index is 1340. The van der Waals surface area contributed by atoms with Crippen LogP contribution >= 0.6 is 0 Å². The number of aryl methyl sites for hydroxylation is 1. The summed E-state index contributed by atoms with van der Waals surface area (Å²) < 4.78 is 12.0. The standard InChI is InChI=1S/C30H31N3O4/c1-4-21-6-10-23(11-7-21)28-20-27(30(35)37-5-2)32-33(28)25-14-12-24(13-15-25)29(34)31-19-18-22-8-16-26(36-3)17-9-22/h6-17,20H,4-5,18-19H2,1-3H3,(H,31,34). The van der Waals surface area contributed by atoms with Crippen LogP contribution in [0.5, 0.6) is 5.75 Å². The van der Waals surface area contributed by atoms with Crippen molar-refractivity contribution in [1.82, 2.24) is 15.1 Å². The maximum Gasteiger partial charge on any atom is 0.358 e. The van der Waals surface area contributed by atoms with Gasteiger partial charge in [0.2, 0.25) is 0 Å². The maximum absolute atomic E-state index is 12.7. The summed E-state index contributed by atoms with van der Waals surface area (Å²) in [5.41, 5.74) is 5.56. The number of ether oxygens (including phenoxy) is 2. The molecular weight excluding hydrogens is 466 g/mol. The van der Waals surface area contributed by atoms with Gasteiger partial charge in [0.25, 0.3) is 5.91 Å². The van der Waals surface area contributed by atoms with E-state index in [9.17, 15) is 9.59 Å². The lowest BCUT2D eigenvalue weighted by Crippen LogP contribution is -2.25. The van der Waals surface area contributed by atoms with Gasteiger partial charge >= 0.3 is 5.97 Å². The van der Waals surface area contributed by atoms with Gasteiger partial charge in [-0.2, -0.15) is 5.10 Å². The summed E-state index contributed by atoms with van der Waals surface area (Å²) in [4.78, 5) is 25.1. The van der Waals surface area contributed by atoms with Crippen LogP contribution < -0.4 is 10.1 Å². The number of esters is 1. The first-order valence-corrected chi connectivity index (χ1v) is 12.4. The number of methoxy groups -OCH3 is 1. The first-order chi connectivity index (χ1) is 18.0. The Hall–Kier alpha value is -4.39. The lowest BCUT2D eigenvalue weighted by atomic mass is 10.1. The van der Waals surface area contributed by atoms with Gasteiger partial charge in [-0.15, -0.1) is 0 Å². The van der Waals surface area contributed by atoms with E-state index >= 15 is 0 Å². The number of carbonyl (C=O) groups excluding carboxylic acids is 2. The zero-order valence-corrected chi connectivity index (χ0v) is 21.4. The van der Waals surface area contributed by atoms with Gasteiger partial charge in [0.1, 0.15) is 5.75 Å². The van der Waals surface area contributed by atoms with Gasteiger partial charge < -0.3 is 14.8 Å². The Morgan fingerprint density at radius 1 is 0.892 bits per heavy atom. The van der Waals surface area contributed by atoms with Gasteiger partial charge in [-0.3, -0.25) is 4.79 Å². The fourth-order valence-corrected chi connectivity index (χ4v) is 3.97. The zero-order chi connectivity index (χ0) is 26.2. The van der Waals surface area contributed by atoms with Crippen LogP contribution in [0.15, 0.2) is 78.9 Å².